The molecule has 1 unspecified atom stereocenters. The molecule has 0 saturated carbocycles. The van der Waals surface area contributed by atoms with Crippen LogP contribution in [0.3, 0.4) is 0 Å². The number of anilines is 1. The average molecular weight is 264 g/mol. The standard InChI is InChI=1S/C14H20N2OS/c15-10-14(6-9-18-11-14)16-7-3-8-17-13-5-2-1-4-12(13)16/h1-2,4-5H,3,6-11,15H2. The van der Waals surface area contributed by atoms with Crippen molar-refractivity contribution in [2.45, 2.75) is 18.4 Å². The van der Waals surface area contributed by atoms with Crippen molar-refractivity contribution in [3.05, 3.63) is 24.3 Å². The molecule has 0 bridgehead atoms. The fourth-order valence-electron chi connectivity index (χ4n) is 2.90. The molecule has 2 aliphatic heterocycles. The second-order valence-electron chi connectivity index (χ2n) is 5.05. The van der Waals surface area contributed by atoms with Crippen molar-refractivity contribution < 1.29 is 4.74 Å². The first-order valence-electron chi connectivity index (χ1n) is 6.63. The Kier molecular flexibility index (Phi) is 3.39. The first-order chi connectivity index (χ1) is 8.86. The van der Waals surface area contributed by atoms with E-state index in [0.29, 0.717) is 0 Å². The van der Waals surface area contributed by atoms with E-state index in [1.165, 1.54) is 17.9 Å². The van der Waals surface area contributed by atoms with Crippen LogP contribution in [0.1, 0.15) is 12.8 Å². The van der Waals surface area contributed by atoms with Crippen molar-refractivity contribution in [3.8, 4) is 5.75 Å². The van der Waals surface area contributed by atoms with E-state index < -0.39 is 0 Å². The first-order valence-corrected chi connectivity index (χ1v) is 7.78. The Labute approximate surface area is 113 Å². The van der Waals surface area contributed by atoms with Crippen LogP contribution in [-0.4, -0.2) is 36.7 Å². The quantitative estimate of drug-likeness (QED) is 0.888. The van der Waals surface area contributed by atoms with Crippen LogP contribution in [0.4, 0.5) is 5.69 Å². The van der Waals surface area contributed by atoms with Gasteiger partial charge in [-0.25, -0.2) is 0 Å². The highest BCUT2D eigenvalue weighted by molar-refractivity contribution is 7.99. The van der Waals surface area contributed by atoms with Gasteiger partial charge in [-0.1, -0.05) is 12.1 Å². The molecular formula is C14H20N2OS. The molecular weight excluding hydrogens is 244 g/mol. The van der Waals surface area contributed by atoms with E-state index in [4.69, 9.17) is 10.5 Å². The Morgan fingerprint density at radius 3 is 3.06 bits per heavy atom. The third-order valence-electron chi connectivity index (χ3n) is 3.97. The molecule has 1 fully saturated rings. The lowest BCUT2D eigenvalue weighted by atomic mass is 9.95. The molecule has 1 saturated heterocycles. The Balaban J connectivity index is 2.00. The van der Waals surface area contributed by atoms with Crippen LogP contribution in [0, 0.1) is 0 Å². The van der Waals surface area contributed by atoms with Gasteiger partial charge in [0.05, 0.1) is 17.8 Å². The summed E-state index contributed by atoms with van der Waals surface area (Å²) in [5.74, 6) is 3.37. The van der Waals surface area contributed by atoms with Gasteiger partial charge in [0.25, 0.3) is 0 Å². The lowest BCUT2D eigenvalue weighted by Crippen LogP contribution is -2.54. The van der Waals surface area contributed by atoms with Crippen LogP contribution in [0.15, 0.2) is 24.3 Å². The SMILES string of the molecule is NCC1(N2CCCOc3ccccc32)CCSC1. The molecule has 2 N–H and O–H groups in total. The predicted molar refractivity (Wildman–Crippen MR) is 77.6 cm³/mol. The van der Waals surface area contributed by atoms with E-state index in [9.17, 15) is 0 Å². The van der Waals surface area contributed by atoms with Crippen molar-refractivity contribution >= 4 is 17.4 Å². The van der Waals surface area contributed by atoms with Gasteiger partial charge in [-0.15, -0.1) is 0 Å². The number of ether oxygens (including phenoxy) is 1. The zero-order valence-corrected chi connectivity index (χ0v) is 11.4. The predicted octanol–water partition coefficient (Wildman–Crippen LogP) is 2.11. The Morgan fingerprint density at radius 2 is 2.28 bits per heavy atom. The van der Waals surface area contributed by atoms with Crippen molar-refractivity contribution in [3.63, 3.8) is 0 Å². The summed E-state index contributed by atoms with van der Waals surface area (Å²) in [6.07, 6.45) is 2.25. The summed E-state index contributed by atoms with van der Waals surface area (Å²) in [5, 5.41) is 0. The minimum Gasteiger partial charge on any atom is -0.491 e. The molecule has 0 amide bonds. The molecule has 98 valence electrons. The van der Waals surface area contributed by atoms with E-state index in [-0.39, 0.29) is 5.54 Å². The second kappa shape index (κ2) is 5.02. The average Bonchev–Trinajstić information content (AvgIpc) is 2.80. The zero-order valence-electron chi connectivity index (χ0n) is 10.6. The molecule has 1 atom stereocenters. The van der Waals surface area contributed by atoms with Gasteiger partial charge >= 0.3 is 0 Å². The summed E-state index contributed by atoms with van der Waals surface area (Å²) in [4.78, 5) is 2.51. The minimum absolute atomic E-state index is 0.133. The number of para-hydroxylation sites is 2. The molecule has 1 aromatic carbocycles. The number of hydrogen-bond donors (Lipinski definition) is 1. The normalized spacial score (nSPS) is 27.5. The van der Waals surface area contributed by atoms with Crippen molar-refractivity contribution in [2.24, 2.45) is 5.73 Å². The second-order valence-corrected chi connectivity index (χ2v) is 6.16. The molecule has 2 heterocycles. The number of rotatable bonds is 2. The summed E-state index contributed by atoms with van der Waals surface area (Å²) in [6, 6.07) is 8.37. The molecule has 3 nitrogen and oxygen atoms in total. The van der Waals surface area contributed by atoms with E-state index >= 15 is 0 Å². The van der Waals surface area contributed by atoms with Gasteiger partial charge in [-0.05, 0) is 30.7 Å². The number of fused-ring (bicyclic) bond motifs is 1. The lowest BCUT2D eigenvalue weighted by Gasteiger charge is -2.41. The third-order valence-corrected chi connectivity index (χ3v) is 5.21. The molecule has 1 aromatic rings. The highest BCUT2D eigenvalue weighted by Crippen LogP contribution is 2.40. The number of nitrogens with two attached hydrogens (primary N) is 1. The monoisotopic (exact) mass is 264 g/mol. The van der Waals surface area contributed by atoms with Crippen LogP contribution >= 0.6 is 11.8 Å². The van der Waals surface area contributed by atoms with Crippen molar-refractivity contribution in [1.29, 1.82) is 0 Å². The highest BCUT2D eigenvalue weighted by Gasteiger charge is 2.40. The summed E-state index contributed by atoms with van der Waals surface area (Å²) >= 11 is 2.02. The zero-order chi connectivity index (χ0) is 12.4. The van der Waals surface area contributed by atoms with E-state index in [1.807, 2.05) is 17.8 Å². The van der Waals surface area contributed by atoms with Crippen LogP contribution in [-0.2, 0) is 0 Å². The maximum Gasteiger partial charge on any atom is 0.142 e. The van der Waals surface area contributed by atoms with Crippen LogP contribution < -0.4 is 15.4 Å². The van der Waals surface area contributed by atoms with E-state index in [0.717, 1.165) is 37.6 Å². The third kappa shape index (κ3) is 1.97. The molecule has 0 aromatic heterocycles. The number of hydrogen-bond acceptors (Lipinski definition) is 4. The van der Waals surface area contributed by atoms with Gasteiger partial charge in [0.15, 0.2) is 0 Å². The summed E-state index contributed by atoms with van der Waals surface area (Å²) in [7, 11) is 0. The molecule has 0 spiro atoms. The van der Waals surface area contributed by atoms with Crippen molar-refractivity contribution in [2.75, 3.05) is 36.1 Å². The molecule has 0 aliphatic carbocycles. The van der Waals surface area contributed by atoms with Gasteiger partial charge in [0.2, 0.25) is 0 Å². The van der Waals surface area contributed by atoms with E-state index in [1.54, 1.807) is 0 Å². The summed E-state index contributed by atoms with van der Waals surface area (Å²) in [5.41, 5.74) is 7.47. The van der Waals surface area contributed by atoms with Crippen LogP contribution in [0.25, 0.3) is 0 Å². The van der Waals surface area contributed by atoms with Gasteiger partial charge in [-0.2, -0.15) is 11.8 Å². The van der Waals surface area contributed by atoms with Gasteiger partial charge in [0, 0.05) is 18.8 Å². The first kappa shape index (κ1) is 12.2. The maximum absolute atomic E-state index is 6.11. The lowest BCUT2D eigenvalue weighted by molar-refractivity contribution is 0.321. The van der Waals surface area contributed by atoms with E-state index in [2.05, 4.69) is 23.1 Å². The maximum atomic E-state index is 6.11. The largest absolute Gasteiger partial charge is 0.491 e. The Bertz CT molecular complexity index is 418. The molecule has 2 aliphatic rings. The molecule has 3 rings (SSSR count). The van der Waals surface area contributed by atoms with Crippen molar-refractivity contribution in [1.82, 2.24) is 0 Å². The number of thioether (sulfide) groups is 1. The Hall–Kier alpha value is -0.870. The van der Waals surface area contributed by atoms with Gasteiger partial charge in [0.1, 0.15) is 5.75 Å². The van der Waals surface area contributed by atoms with Crippen LogP contribution in [0.5, 0.6) is 5.75 Å². The minimum atomic E-state index is 0.133. The molecule has 0 radical (unpaired) electrons. The summed E-state index contributed by atoms with van der Waals surface area (Å²) in [6.45, 7) is 2.59. The highest BCUT2D eigenvalue weighted by atomic mass is 32.2. The fourth-order valence-corrected chi connectivity index (χ4v) is 4.37. The fraction of sp³-hybridized carbons (Fsp3) is 0.571. The van der Waals surface area contributed by atoms with Gasteiger partial charge < -0.3 is 15.4 Å². The smallest absolute Gasteiger partial charge is 0.142 e. The molecule has 18 heavy (non-hydrogen) atoms. The molecule has 4 heteroatoms. The van der Waals surface area contributed by atoms with Gasteiger partial charge in [-0.3, -0.25) is 0 Å². The van der Waals surface area contributed by atoms with Crippen LogP contribution in [0.2, 0.25) is 0 Å². The Morgan fingerprint density at radius 1 is 1.39 bits per heavy atom. The summed E-state index contributed by atoms with van der Waals surface area (Å²) < 4.78 is 5.84. The number of nitrogens with zero attached hydrogens (tertiary/aromatic N) is 1. The number of benzene rings is 1. The topological polar surface area (TPSA) is 38.5 Å².